The predicted octanol–water partition coefficient (Wildman–Crippen LogP) is 3.87. The largest absolute Gasteiger partial charge is 0.461 e. The molecule has 3 aliphatic carbocycles. The van der Waals surface area contributed by atoms with Crippen molar-refractivity contribution < 1.29 is 43.5 Å². The van der Waals surface area contributed by atoms with Crippen molar-refractivity contribution in [1.82, 2.24) is 0 Å². The fourth-order valence-electron chi connectivity index (χ4n) is 9.47. The molecule has 40 heavy (non-hydrogen) atoms. The SMILES string of the molecule is CCC1=C2C(C)C(OC(C)=O)C3(C)C(C)CC4(C)OCC4(OC(C)=O)C3C(OC(C)=O)C2(C(C)(O)CC)CC1O. The molecule has 11 unspecified atom stereocenters. The Labute approximate surface area is 238 Å². The van der Waals surface area contributed by atoms with E-state index in [2.05, 4.69) is 6.92 Å². The first kappa shape index (κ1) is 31.0. The van der Waals surface area contributed by atoms with Gasteiger partial charge in [0.15, 0.2) is 5.60 Å². The number of carbonyl (C=O) groups excluding carboxylic acids is 3. The van der Waals surface area contributed by atoms with Gasteiger partial charge in [-0.2, -0.15) is 0 Å². The van der Waals surface area contributed by atoms with Gasteiger partial charge in [0, 0.05) is 32.1 Å². The summed E-state index contributed by atoms with van der Waals surface area (Å²) in [6, 6.07) is 0. The van der Waals surface area contributed by atoms with Gasteiger partial charge in [-0.05, 0) is 56.6 Å². The van der Waals surface area contributed by atoms with Crippen LogP contribution in [-0.2, 0) is 33.3 Å². The molecule has 9 heteroatoms. The third kappa shape index (κ3) is 3.86. The van der Waals surface area contributed by atoms with Gasteiger partial charge in [-0.25, -0.2) is 0 Å². The Morgan fingerprint density at radius 2 is 1.57 bits per heavy atom. The lowest BCUT2D eigenvalue weighted by Crippen LogP contribution is -2.82. The molecule has 11 atom stereocenters. The predicted molar refractivity (Wildman–Crippen MR) is 146 cm³/mol. The molecule has 226 valence electrons. The van der Waals surface area contributed by atoms with Gasteiger partial charge >= 0.3 is 17.9 Å². The molecule has 4 aliphatic rings. The van der Waals surface area contributed by atoms with Crippen molar-refractivity contribution >= 4 is 17.9 Å². The monoisotopic (exact) mass is 564 g/mol. The van der Waals surface area contributed by atoms with Gasteiger partial charge < -0.3 is 29.2 Å². The molecule has 2 saturated carbocycles. The van der Waals surface area contributed by atoms with Gasteiger partial charge in [-0.1, -0.05) is 34.6 Å². The third-order valence-electron chi connectivity index (χ3n) is 11.4. The topological polar surface area (TPSA) is 129 Å². The average Bonchev–Trinajstić information content (AvgIpc) is 3.13. The molecule has 3 fully saturated rings. The van der Waals surface area contributed by atoms with Crippen LogP contribution in [0.1, 0.15) is 94.9 Å². The number of hydrogen-bond donors (Lipinski definition) is 2. The van der Waals surface area contributed by atoms with Crippen molar-refractivity contribution in [3.05, 3.63) is 11.1 Å². The van der Waals surface area contributed by atoms with Gasteiger partial charge in [-0.3, -0.25) is 14.4 Å². The highest BCUT2D eigenvalue weighted by molar-refractivity contribution is 5.69. The number of aliphatic hydroxyl groups is 2. The zero-order valence-corrected chi connectivity index (χ0v) is 25.8. The van der Waals surface area contributed by atoms with Crippen LogP contribution < -0.4 is 0 Å². The van der Waals surface area contributed by atoms with Crippen LogP contribution >= 0.6 is 0 Å². The van der Waals surface area contributed by atoms with E-state index < -0.39 is 75.7 Å². The number of hydrogen-bond acceptors (Lipinski definition) is 9. The Kier molecular flexibility index (Phi) is 7.59. The smallest absolute Gasteiger partial charge is 0.303 e. The van der Waals surface area contributed by atoms with Crippen LogP contribution in [0.15, 0.2) is 11.1 Å². The van der Waals surface area contributed by atoms with Crippen LogP contribution in [0, 0.1) is 28.6 Å². The summed E-state index contributed by atoms with van der Waals surface area (Å²) in [4.78, 5) is 38.5. The molecule has 0 aromatic carbocycles. The minimum atomic E-state index is -1.44. The van der Waals surface area contributed by atoms with Crippen molar-refractivity contribution in [1.29, 1.82) is 0 Å². The zero-order chi connectivity index (χ0) is 30.2. The molecule has 1 heterocycles. The summed E-state index contributed by atoms with van der Waals surface area (Å²) >= 11 is 0. The van der Waals surface area contributed by atoms with Crippen LogP contribution in [-0.4, -0.2) is 69.8 Å². The third-order valence-corrected chi connectivity index (χ3v) is 11.4. The van der Waals surface area contributed by atoms with Crippen molar-refractivity contribution in [3.8, 4) is 0 Å². The lowest BCUT2D eigenvalue weighted by molar-refractivity contribution is -0.384. The molecule has 1 saturated heterocycles. The van der Waals surface area contributed by atoms with Crippen LogP contribution in [0.3, 0.4) is 0 Å². The fraction of sp³-hybridized carbons (Fsp3) is 0.839. The summed E-state index contributed by atoms with van der Waals surface area (Å²) in [7, 11) is 0. The fourth-order valence-corrected chi connectivity index (χ4v) is 9.47. The number of carbonyl (C=O) groups is 3. The van der Waals surface area contributed by atoms with E-state index in [1.165, 1.54) is 20.8 Å². The van der Waals surface area contributed by atoms with Crippen LogP contribution in [0.5, 0.6) is 0 Å². The average molecular weight is 565 g/mol. The Bertz CT molecular complexity index is 1110. The maximum atomic E-state index is 13.0. The van der Waals surface area contributed by atoms with Gasteiger partial charge in [0.25, 0.3) is 0 Å². The van der Waals surface area contributed by atoms with Crippen molar-refractivity contribution in [2.45, 2.75) is 130 Å². The summed E-state index contributed by atoms with van der Waals surface area (Å²) < 4.78 is 25.1. The molecular formula is C31H48O9. The van der Waals surface area contributed by atoms with E-state index in [1.54, 1.807) is 6.92 Å². The molecule has 0 aromatic rings. The first-order valence-electron chi connectivity index (χ1n) is 14.7. The van der Waals surface area contributed by atoms with E-state index in [0.29, 0.717) is 19.3 Å². The van der Waals surface area contributed by atoms with E-state index in [9.17, 15) is 24.6 Å². The number of rotatable bonds is 6. The van der Waals surface area contributed by atoms with Gasteiger partial charge in [-0.15, -0.1) is 0 Å². The van der Waals surface area contributed by atoms with E-state index in [1.807, 2.05) is 34.6 Å². The molecule has 0 bridgehead atoms. The van der Waals surface area contributed by atoms with Crippen LogP contribution in [0.25, 0.3) is 0 Å². The quantitative estimate of drug-likeness (QED) is 0.281. The standard InChI is InChI=1S/C31H48O9/c1-11-21-22(35)14-30(27(8,36)12-2)23(21)17(4)25(38-18(5)32)29(10)16(3)13-28(9)31(15-37-28,40-20(7)34)24(29)26(30)39-19(6)33/h16-17,22,24-26,35-36H,11-15H2,1-10H3. The summed E-state index contributed by atoms with van der Waals surface area (Å²) in [6.07, 6.45) is -1.19. The Hall–Kier alpha value is -1.97. The van der Waals surface area contributed by atoms with E-state index in [4.69, 9.17) is 18.9 Å². The summed E-state index contributed by atoms with van der Waals surface area (Å²) in [5, 5.41) is 23.9. The van der Waals surface area contributed by atoms with Crippen molar-refractivity contribution in [3.63, 3.8) is 0 Å². The minimum absolute atomic E-state index is 0.0710. The maximum Gasteiger partial charge on any atom is 0.303 e. The summed E-state index contributed by atoms with van der Waals surface area (Å²) in [6.45, 7) is 17.7. The highest BCUT2D eigenvalue weighted by Gasteiger charge is 2.81. The summed E-state index contributed by atoms with van der Waals surface area (Å²) in [5.41, 5.74) is -4.16. The first-order valence-corrected chi connectivity index (χ1v) is 14.7. The number of fused-ring (bicyclic) bond motifs is 4. The second-order valence-corrected chi connectivity index (χ2v) is 13.4. The molecule has 1 aliphatic heterocycles. The Morgan fingerprint density at radius 3 is 2.02 bits per heavy atom. The molecule has 4 rings (SSSR count). The highest BCUT2D eigenvalue weighted by Crippen LogP contribution is 2.72. The summed E-state index contributed by atoms with van der Waals surface area (Å²) in [5.74, 6) is -2.81. The maximum absolute atomic E-state index is 13.0. The van der Waals surface area contributed by atoms with E-state index in [0.717, 1.165) is 11.1 Å². The molecule has 9 nitrogen and oxygen atoms in total. The van der Waals surface area contributed by atoms with Gasteiger partial charge in [0.2, 0.25) is 0 Å². The number of ether oxygens (including phenoxy) is 4. The lowest BCUT2D eigenvalue weighted by atomic mass is 9.44. The first-order chi connectivity index (χ1) is 18.4. The molecule has 0 spiro atoms. The second-order valence-electron chi connectivity index (χ2n) is 13.4. The van der Waals surface area contributed by atoms with Gasteiger partial charge in [0.1, 0.15) is 17.8 Å². The molecular weight excluding hydrogens is 516 g/mol. The molecule has 2 N–H and O–H groups in total. The van der Waals surface area contributed by atoms with Crippen LogP contribution in [0.4, 0.5) is 0 Å². The van der Waals surface area contributed by atoms with Gasteiger partial charge in [0.05, 0.1) is 29.6 Å². The van der Waals surface area contributed by atoms with Crippen LogP contribution in [0.2, 0.25) is 0 Å². The molecule has 0 aromatic heterocycles. The minimum Gasteiger partial charge on any atom is -0.461 e. The Balaban J connectivity index is 2.21. The Morgan fingerprint density at radius 1 is 1.00 bits per heavy atom. The molecule has 0 radical (unpaired) electrons. The normalized spacial score (nSPS) is 45.6. The van der Waals surface area contributed by atoms with E-state index >= 15 is 0 Å². The van der Waals surface area contributed by atoms with E-state index in [-0.39, 0.29) is 18.9 Å². The highest BCUT2D eigenvalue weighted by atomic mass is 16.6. The zero-order valence-electron chi connectivity index (χ0n) is 25.8. The number of esters is 3. The molecule has 0 amide bonds. The second kappa shape index (κ2) is 9.80. The number of aliphatic hydroxyl groups excluding tert-OH is 1. The lowest BCUT2D eigenvalue weighted by Gasteiger charge is -2.70. The van der Waals surface area contributed by atoms with Crippen molar-refractivity contribution in [2.75, 3.05) is 6.61 Å². The van der Waals surface area contributed by atoms with Crippen molar-refractivity contribution in [2.24, 2.45) is 28.6 Å².